The number of carboxylic acid groups (broad SMARTS) is 1. The molecule has 22 heavy (non-hydrogen) atoms. The predicted molar refractivity (Wildman–Crippen MR) is 83.8 cm³/mol. The van der Waals surface area contributed by atoms with Gasteiger partial charge in [-0.3, -0.25) is 4.90 Å². The first-order chi connectivity index (χ1) is 10.2. The van der Waals surface area contributed by atoms with E-state index in [9.17, 15) is 14.7 Å². The van der Waals surface area contributed by atoms with Crippen LogP contribution in [-0.2, 0) is 9.53 Å². The Morgan fingerprint density at radius 2 is 1.77 bits per heavy atom. The van der Waals surface area contributed by atoms with Gasteiger partial charge < -0.3 is 9.84 Å². The van der Waals surface area contributed by atoms with Gasteiger partial charge in [-0.25, -0.2) is 9.59 Å². The second-order valence-corrected chi connectivity index (χ2v) is 6.54. The molecule has 0 aromatic heterocycles. The molecule has 1 aliphatic rings. The lowest BCUT2D eigenvalue weighted by molar-refractivity contribution is -0.132. The first kappa shape index (κ1) is 16.4. The standard InChI is InChI=1S/C16H18ClNO4/c1-16(2,3)22-15(21)18-8-12(13(9-18)14(19)20)10-4-6-11(17)7-5-10/h4-7H,8-9H2,1-3H3,(H,19,20). The molecule has 5 nitrogen and oxygen atoms in total. The molecule has 0 fully saturated rings. The highest BCUT2D eigenvalue weighted by molar-refractivity contribution is 6.30. The van der Waals surface area contributed by atoms with E-state index in [0.717, 1.165) is 5.56 Å². The number of halogens is 1. The van der Waals surface area contributed by atoms with Crippen LogP contribution in [0.5, 0.6) is 0 Å². The van der Waals surface area contributed by atoms with Gasteiger partial charge >= 0.3 is 12.1 Å². The SMILES string of the molecule is CC(C)(C)OC(=O)N1CC(C(=O)O)=C(c2ccc(Cl)cc2)C1. The average Bonchev–Trinajstić information content (AvgIpc) is 2.83. The van der Waals surface area contributed by atoms with E-state index in [2.05, 4.69) is 0 Å². The molecule has 6 heteroatoms. The summed E-state index contributed by atoms with van der Waals surface area (Å²) in [5.74, 6) is -1.03. The molecular formula is C16H18ClNO4. The molecule has 0 spiro atoms. The van der Waals surface area contributed by atoms with Crippen molar-refractivity contribution in [2.24, 2.45) is 0 Å². The first-order valence-electron chi connectivity index (χ1n) is 6.86. The molecule has 1 heterocycles. The van der Waals surface area contributed by atoms with Crippen LogP contribution in [-0.4, -0.2) is 40.8 Å². The smallest absolute Gasteiger partial charge is 0.410 e. The number of amides is 1. The summed E-state index contributed by atoms with van der Waals surface area (Å²) >= 11 is 5.85. The molecule has 0 radical (unpaired) electrons. The number of nitrogens with zero attached hydrogens (tertiary/aromatic N) is 1. The van der Waals surface area contributed by atoms with Gasteiger partial charge in [-0.05, 0) is 44.0 Å². The molecule has 1 aromatic rings. The fraction of sp³-hybridized carbons (Fsp3) is 0.375. The number of benzene rings is 1. The van der Waals surface area contributed by atoms with E-state index in [1.807, 2.05) is 0 Å². The third kappa shape index (κ3) is 3.80. The van der Waals surface area contributed by atoms with Crippen LogP contribution in [0.25, 0.3) is 5.57 Å². The average molecular weight is 324 g/mol. The third-order valence-electron chi connectivity index (χ3n) is 3.16. The minimum absolute atomic E-state index is 0.0300. The zero-order valence-electron chi connectivity index (χ0n) is 12.7. The van der Waals surface area contributed by atoms with Crippen LogP contribution in [0.2, 0.25) is 5.02 Å². The largest absolute Gasteiger partial charge is 0.478 e. The van der Waals surface area contributed by atoms with Crippen LogP contribution in [0, 0.1) is 0 Å². The van der Waals surface area contributed by atoms with Crippen molar-refractivity contribution >= 4 is 29.2 Å². The van der Waals surface area contributed by atoms with Gasteiger partial charge in [-0.1, -0.05) is 23.7 Å². The van der Waals surface area contributed by atoms with Crippen molar-refractivity contribution in [3.05, 3.63) is 40.4 Å². The zero-order chi connectivity index (χ0) is 16.5. The number of carbonyl (C=O) groups is 2. The molecule has 0 bridgehead atoms. The van der Waals surface area contributed by atoms with Gasteiger partial charge in [0.15, 0.2) is 0 Å². The molecule has 1 aromatic carbocycles. The van der Waals surface area contributed by atoms with Crippen LogP contribution >= 0.6 is 11.6 Å². The highest BCUT2D eigenvalue weighted by atomic mass is 35.5. The summed E-state index contributed by atoms with van der Waals surface area (Å²) in [6.45, 7) is 5.55. The molecule has 0 saturated carbocycles. The Morgan fingerprint density at radius 3 is 2.27 bits per heavy atom. The lowest BCUT2D eigenvalue weighted by Gasteiger charge is -2.24. The molecular weight excluding hydrogens is 306 g/mol. The third-order valence-corrected chi connectivity index (χ3v) is 3.42. The van der Waals surface area contributed by atoms with Gasteiger partial charge in [0.1, 0.15) is 5.60 Å². The zero-order valence-corrected chi connectivity index (χ0v) is 13.5. The molecule has 0 aliphatic carbocycles. The van der Waals surface area contributed by atoms with E-state index >= 15 is 0 Å². The minimum Gasteiger partial charge on any atom is -0.478 e. The van der Waals surface area contributed by atoms with Crippen LogP contribution < -0.4 is 0 Å². The Kier molecular flexibility index (Phi) is 4.47. The molecule has 0 atom stereocenters. The van der Waals surface area contributed by atoms with Crippen molar-refractivity contribution in [1.29, 1.82) is 0 Å². The van der Waals surface area contributed by atoms with Crippen LogP contribution in [0.1, 0.15) is 26.3 Å². The number of carboxylic acids is 1. The van der Waals surface area contributed by atoms with Gasteiger partial charge in [0, 0.05) is 5.02 Å². The second-order valence-electron chi connectivity index (χ2n) is 6.11. The summed E-state index contributed by atoms with van der Waals surface area (Å²) in [6.07, 6.45) is -0.518. The minimum atomic E-state index is -1.03. The van der Waals surface area contributed by atoms with Crippen molar-refractivity contribution in [3.63, 3.8) is 0 Å². The maximum atomic E-state index is 12.1. The predicted octanol–water partition coefficient (Wildman–Crippen LogP) is 3.43. The van der Waals surface area contributed by atoms with Gasteiger partial charge in [-0.2, -0.15) is 0 Å². The first-order valence-corrected chi connectivity index (χ1v) is 7.24. The number of carbonyl (C=O) groups excluding carboxylic acids is 1. The lowest BCUT2D eigenvalue weighted by atomic mass is 10.0. The summed E-state index contributed by atoms with van der Waals surface area (Å²) in [5.41, 5.74) is 0.930. The molecule has 118 valence electrons. The van der Waals surface area contributed by atoms with E-state index in [0.29, 0.717) is 10.6 Å². The Bertz CT molecular complexity index is 629. The normalized spacial score (nSPS) is 15.2. The Balaban J connectivity index is 2.24. The Morgan fingerprint density at radius 1 is 1.18 bits per heavy atom. The topological polar surface area (TPSA) is 66.8 Å². The van der Waals surface area contributed by atoms with E-state index < -0.39 is 17.7 Å². The number of rotatable bonds is 2. The molecule has 1 N–H and O–H groups in total. The molecule has 1 amide bonds. The fourth-order valence-corrected chi connectivity index (χ4v) is 2.32. The number of ether oxygens (including phenoxy) is 1. The van der Waals surface area contributed by atoms with Crippen molar-refractivity contribution in [3.8, 4) is 0 Å². The van der Waals surface area contributed by atoms with Gasteiger partial charge in [0.2, 0.25) is 0 Å². The summed E-state index contributed by atoms with van der Waals surface area (Å²) < 4.78 is 5.30. The monoisotopic (exact) mass is 323 g/mol. The lowest BCUT2D eigenvalue weighted by Crippen LogP contribution is -2.36. The van der Waals surface area contributed by atoms with Crippen LogP contribution in [0.4, 0.5) is 4.79 Å². The quantitative estimate of drug-likeness (QED) is 0.905. The maximum absolute atomic E-state index is 12.1. The number of hydrogen-bond acceptors (Lipinski definition) is 3. The van der Waals surface area contributed by atoms with Crippen molar-refractivity contribution < 1.29 is 19.4 Å². The van der Waals surface area contributed by atoms with E-state index in [-0.39, 0.29) is 18.7 Å². The number of hydrogen-bond donors (Lipinski definition) is 1. The molecule has 0 unspecified atom stereocenters. The van der Waals surface area contributed by atoms with E-state index in [4.69, 9.17) is 16.3 Å². The van der Waals surface area contributed by atoms with E-state index in [1.165, 1.54) is 4.90 Å². The molecule has 2 rings (SSSR count). The van der Waals surface area contributed by atoms with Gasteiger partial charge in [-0.15, -0.1) is 0 Å². The summed E-state index contributed by atoms with van der Waals surface area (Å²) in [5, 5.41) is 9.94. The molecule has 1 aliphatic heterocycles. The van der Waals surface area contributed by atoms with Crippen LogP contribution in [0.15, 0.2) is 29.8 Å². The Labute approximate surface area is 134 Å². The fourth-order valence-electron chi connectivity index (χ4n) is 2.20. The van der Waals surface area contributed by atoms with Crippen molar-refractivity contribution in [2.75, 3.05) is 13.1 Å². The highest BCUT2D eigenvalue weighted by Crippen LogP contribution is 2.29. The Hall–Kier alpha value is -2.01. The van der Waals surface area contributed by atoms with Gasteiger partial charge in [0.05, 0.1) is 18.7 Å². The van der Waals surface area contributed by atoms with Gasteiger partial charge in [0.25, 0.3) is 0 Å². The van der Waals surface area contributed by atoms with Crippen molar-refractivity contribution in [1.82, 2.24) is 4.90 Å². The highest BCUT2D eigenvalue weighted by Gasteiger charge is 2.32. The summed E-state index contributed by atoms with van der Waals surface area (Å²) in [4.78, 5) is 25.0. The summed E-state index contributed by atoms with van der Waals surface area (Å²) in [6, 6.07) is 6.89. The second kappa shape index (κ2) is 6.01. The van der Waals surface area contributed by atoms with E-state index in [1.54, 1.807) is 45.0 Å². The maximum Gasteiger partial charge on any atom is 0.410 e. The number of aliphatic carboxylic acids is 1. The van der Waals surface area contributed by atoms with Crippen molar-refractivity contribution in [2.45, 2.75) is 26.4 Å². The van der Waals surface area contributed by atoms with Crippen LogP contribution in [0.3, 0.4) is 0 Å². The summed E-state index contributed by atoms with van der Waals surface area (Å²) in [7, 11) is 0. The molecule has 0 saturated heterocycles.